The minimum Gasteiger partial charge on any atom is -0.382 e. The molecule has 0 heterocycles. The molecule has 0 N–H and O–H groups in total. The molecular weight excluding hydrogens is 422 g/mol. The Hall–Kier alpha value is -2.42. The Bertz CT molecular complexity index is 1250. The monoisotopic (exact) mass is 447 g/mol. The Morgan fingerprint density at radius 3 is 2.23 bits per heavy atom. The van der Waals surface area contributed by atoms with Gasteiger partial charge in [0, 0.05) is 12.6 Å². The van der Waals surface area contributed by atoms with Crippen LogP contribution in [-0.2, 0) is 26.7 Å². The lowest BCUT2D eigenvalue weighted by Gasteiger charge is -2.26. The van der Waals surface area contributed by atoms with E-state index < -0.39 is 20.1 Å². The lowest BCUT2D eigenvalue weighted by atomic mass is 10.1. The van der Waals surface area contributed by atoms with Crippen molar-refractivity contribution in [3.8, 4) is 5.75 Å². The van der Waals surface area contributed by atoms with Crippen molar-refractivity contribution in [3.05, 3.63) is 72.3 Å². The Morgan fingerprint density at radius 1 is 0.867 bits per heavy atom. The van der Waals surface area contributed by atoms with Crippen LogP contribution < -0.4 is 4.18 Å². The zero-order chi connectivity index (χ0) is 21.9. The van der Waals surface area contributed by atoms with Gasteiger partial charge in [-0.25, -0.2) is 8.42 Å². The average molecular weight is 448 g/mol. The topological polar surface area (TPSA) is 80.8 Å². The Balaban J connectivity index is 1.93. The highest BCUT2D eigenvalue weighted by atomic mass is 32.2. The van der Waals surface area contributed by atoms with E-state index in [1.54, 1.807) is 50.2 Å². The van der Waals surface area contributed by atoms with Gasteiger partial charge in [0.05, 0.1) is 10.6 Å². The first-order valence-corrected chi connectivity index (χ1v) is 12.7. The van der Waals surface area contributed by atoms with E-state index in [1.807, 2.05) is 24.3 Å². The second-order valence-corrected chi connectivity index (χ2v) is 11.0. The third-order valence-electron chi connectivity index (χ3n) is 4.72. The average Bonchev–Trinajstić information content (AvgIpc) is 2.71. The fourth-order valence-electron chi connectivity index (χ4n) is 3.09. The smallest absolute Gasteiger partial charge is 0.308 e. The molecule has 0 aliphatic carbocycles. The molecule has 0 aliphatic heterocycles. The van der Waals surface area contributed by atoms with E-state index in [1.165, 1.54) is 17.3 Å². The molecule has 0 unspecified atom stereocenters. The molecule has 0 spiro atoms. The van der Waals surface area contributed by atoms with Gasteiger partial charge in [0.15, 0.2) is 0 Å². The van der Waals surface area contributed by atoms with Crippen molar-refractivity contribution in [1.82, 2.24) is 4.31 Å². The zero-order valence-corrected chi connectivity index (χ0v) is 18.8. The Labute approximate surface area is 178 Å². The molecule has 0 amide bonds. The quantitative estimate of drug-likeness (QED) is 0.484. The van der Waals surface area contributed by atoms with Crippen LogP contribution in [0.3, 0.4) is 0 Å². The minimum absolute atomic E-state index is 0.0935. The number of rotatable bonds is 8. The maximum atomic E-state index is 13.4. The molecule has 30 heavy (non-hydrogen) atoms. The van der Waals surface area contributed by atoms with Gasteiger partial charge in [-0.1, -0.05) is 42.5 Å². The normalized spacial score (nSPS) is 12.6. The molecule has 3 aromatic carbocycles. The first-order chi connectivity index (χ1) is 14.1. The Morgan fingerprint density at radius 2 is 1.57 bits per heavy atom. The zero-order valence-electron chi connectivity index (χ0n) is 17.1. The molecule has 0 saturated carbocycles. The third-order valence-corrected chi connectivity index (χ3v) is 7.89. The lowest BCUT2D eigenvalue weighted by molar-refractivity contribution is 0.347. The molecule has 0 aliphatic rings. The van der Waals surface area contributed by atoms with Gasteiger partial charge in [0.2, 0.25) is 10.0 Å². The van der Waals surface area contributed by atoms with Crippen LogP contribution in [0.5, 0.6) is 5.75 Å². The largest absolute Gasteiger partial charge is 0.382 e. The number of nitrogens with zero attached hydrogens (tertiary/aromatic N) is 1. The second-order valence-electron chi connectivity index (χ2n) is 7.23. The summed E-state index contributed by atoms with van der Waals surface area (Å²) in [6.45, 7) is 5.20. The fraction of sp³-hybridized carbons (Fsp3) is 0.273. The van der Waals surface area contributed by atoms with Crippen molar-refractivity contribution in [2.24, 2.45) is 0 Å². The lowest BCUT2D eigenvalue weighted by Crippen LogP contribution is -2.36. The number of fused-ring (bicyclic) bond motifs is 1. The van der Waals surface area contributed by atoms with Gasteiger partial charge in [-0.15, -0.1) is 0 Å². The standard InChI is InChI=1S/C22H25NO5S2/c1-4-29(24,25)28-21-11-7-8-18(14-21)16-23(17(2)3)30(26,27)22-13-12-19-9-5-6-10-20(19)15-22/h5-15,17H,4,16H2,1-3H3. The summed E-state index contributed by atoms with van der Waals surface area (Å²) in [5, 5.41) is 1.82. The molecule has 0 bridgehead atoms. The summed E-state index contributed by atoms with van der Waals surface area (Å²) in [5.41, 5.74) is 0.636. The van der Waals surface area contributed by atoms with Crippen LogP contribution in [0.4, 0.5) is 0 Å². The van der Waals surface area contributed by atoms with Crippen LogP contribution in [0.1, 0.15) is 26.3 Å². The van der Waals surface area contributed by atoms with Crippen LogP contribution in [0.25, 0.3) is 10.8 Å². The second kappa shape index (κ2) is 8.75. The number of sulfonamides is 1. The molecule has 3 rings (SSSR count). The van der Waals surface area contributed by atoms with E-state index in [-0.39, 0.29) is 29.0 Å². The van der Waals surface area contributed by atoms with Gasteiger partial charge < -0.3 is 4.18 Å². The summed E-state index contributed by atoms with van der Waals surface area (Å²) in [7, 11) is -7.43. The number of hydrogen-bond donors (Lipinski definition) is 0. The highest BCUT2D eigenvalue weighted by molar-refractivity contribution is 7.89. The van der Waals surface area contributed by atoms with Gasteiger partial charge >= 0.3 is 10.1 Å². The van der Waals surface area contributed by atoms with Gasteiger partial charge in [0.1, 0.15) is 5.75 Å². The highest BCUT2D eigenvalue weighted by Crippen LogP contribution is 2.26. The SMILES string of the molecule is CCS(=O)(=O)Oc1cccc(CN(C(C)C)S(=O)(=O)c2ccc3ccccc3c2)c1. The van der Waals surface area contributed by atoms with Gasteiger partial charge in [-0.3, -0.25) is 0 Å². The van der Waals surface area contributed by atoms with E-state index in [4.69, 9.17) is 4.18 Å². The van der Waals surface area contributed by atoms with Crippen molar-refractivity contribution in [3.63, 3.8) is 0 Å². The van der Waals surface area contributed by atoms with Gasteiger partial charge in [-0.05, 0) is 61.4 Å². The van der Waals surface area contributed by atoms with Crippen molar-refractivity contribution >= 4 is 30.9 Å². The van der Waals surface area contributed by atoms with E-state index in [2.05, 4.69) is 0 Å². The highest BCUT2D eigenvalue weighted by Gasteiger charge is 2.27. The number of benzene rings is 3. The van der Waals surface area contributed by atoms with Crippen LogP contribution in [-0.4, -0.2) is 32.9 Å². The summed E-state index contributed by atoms with van der Waals surface area (Å²) >= 11 is 0. The van der Waals surface area contributed by atoms with Gasteiger partial charge in [-0.2, -0.15) is 12.7 Å². The van der Waals surface area contributed by atoms with Crippen molar-refractivity contribution in [2.45, 2.75) is 38.3 Å². The predicted molar refractivity (Wildman–Crippen MR) is 118 cm³/mol. The molecule has 0 atom stereocenters. The molecule has 0 saturated heterocycles. The Kier molecular flexibility index (Phi) is 6.50. The molecule has 0 aromatic heterocycles. The van der Waals surface area contributed by atoms with Crippen molar-refractivity contribution in [1.29, 1.82) is 0 Å². The molecule has 160 valence electrons. The molecule has 0 radical (unpaired) electrons. The molecule has 3 aromatic rings. The van der Waals surface area contributed by atoms with E-state index in [0.717, 1.165) is 10.8 Å². The third kappa shape index (κ3) is 5.00. The van der Waals surface area contributed by atoms with Crippen LogP contribution in [0.15, 0.2) is 71.6 Å². The summed E-state index contributed by atoms with van der Waals surface area (Å²) in [5.74, 6) is 0.0206. The maximum Gasteiger partial charge on any atom is 0.308 e. The van der Waals surface area contributed by atoms with Gasteiger partial charge in [0.25, 0.3) is 0 Å². The van der Waals surface area contributed by atoms with E-state index in [0.29, 0.717) is 5.56 Å². The molecule has 8 heteroatoms. The van der Waals surface area contributed by atoms with E-state index >= 15 is 0 Å². The minimum atomic E-state index is -3.77. The van der Waals surface area contributed by atoms with Crippen LogP contribution in [0.2, 0.25) is 0 Å². The summed E-state index contributed by atoms with van der Waals surface area (Å²) < 4.78 is 56.7. The first-order valence-electron chi connectivity index (χ1n) is 9.64. The van der Waals surface area contributed by atoms with Crippen LogP contribution >= 0.6 is 0 Å². The summed E-state index contributed by atoms with van der Waals surface area (Å²) in [6, 6.07) is 18.9. The predicted octanol–water partition coefficient (Wildman–Crippen LogP) is 4.17. The summed E-state index contributed by atoms with van der Waals surface area (Å²) in [6.07, 6.45) is 0. The molecular formula is C22H25NO5S2. The van der Waals surface area contributed by atoms with E-state index in [9.17, 15) is 16.8 Å². The maximum absolute atomic E-state index is 13.4. The summed E-state index contributed by atoms with van der Waals surface area (Å²) in [4.78, 5) is 0.218. The number of hydrogen-bond acceptors (Lipinski definition) is 5. The first kappa shape index (κ1) is 22.3. The van der Waals surface area contributed by atoms with Crippen molar-refractivity contribution in [2.75, 3.05) is 5.75 Å². The van der Waals surface area contributed by atoms with Crippen molar-refractivity contribution < 1.29 is 21.0 Å². The van der Waals surface area contributed by atoms with Crippen LogP contribution in [0, 0.1) is 0 Å². The molecule has 6 nitrogen and oxygen atoms in total. The fourth-order valence-corrected chi connectivity index (χ4v) is 5.27. The molecule has 0 fully saturated rings.